The minimum atomic E-state index is -4.24. The van der Waals surface area contributed by atoms with Gasteiger partial charge in [-0.25, -0.2) is 0 Å². The zero-order valence-corrected chi connectivity index (χ0v) is 9.42. The van der Waals surface area contributed by atoms with Gasteiger partial charge < -0.3 is 10.1 Å². The minimum Gasteiger partial charge on any atom is -0.372 e. The van der Waals surface area contributed by atoms with E-state index in [2.05, 4.69) is 10.1 Å². The molecule has 1 unspecified atom stereocenters. The van der Waals surface area contributed by atoms with Gasteiger partial charge in [0, 0.05) is 36.0 Å². The standard InChI is InChI=1S/C8H16F3NO2S/c1-15(13)6-4-12-3-2-5-14-7-8(9,10)11/h12H,2-7H2,1H3. The summed E-state index contributed by atoms with van der Waals surface area (Å²) in [4.78, 5) is 0. The monoisotopic (exact) mass is 247 g/mol. The summed E-state index contributed by atoms with van der Waals surface area (Å²) in [7, 11) is -0.829. The molecule has 0 aliphatic carbocycles. The third-order valence-electron chi connectivity index (χ3n) is 1.47. The van der Waals surface area contributed by atoms with E-state index in [0.717, 1.165) is 0 Å². The molecular weight excluding hydrogens is 231 g/mol. The smallest absolute Gasteiger partial charge is 0.372 e. The molecule has 0 aromatic rings. The molecule has 0 saturated heterocycles. The van der Waals surface area contributed by atoms with E-state index in [4.69, 9.17) is 0 Å². The van der Waals surface area contributed by atoms with Gasteiger partial charge in [0.2, 0.25) is 0 Å². The summed E-state index contributed by atoms with van der Waals surface area (Å²) in [5.41, 5.74) is 0. The Morgan fingerprint density at radius 2 is 2.00 bits per heavy atom. The molecule has 1 N–H and O–H groups in total. The van der Waals surface area contributed by atoms with Crippen LogP contribution in [-0.2, 0) is 15.5 Å². The van der Waals surface area contributed by atoms with E-state index in [1.807, 2.05) is 0 Å². The molecule has 0 aliphatic rings. The maximum Gasteiger partial charge on any atom is 0.411 e. The Labute approximate surface area is 89.8 Å². The Kier molecular flexibility index (Phi) is 7.99. The van der Waals surface area contributed by atoms with Crippen LogP contribution in [0, 0.1) is 0 Å². The number of rotatable bonds is 8. The fourth-order valence-corrected chi connectivity index (χ4v) is 1.26. The maximum atomic E-state index is 11.6. The summed E-state index contributed by atoms with van der Waals surface area (Å²) in [6.07, 6.45) is -2.12. The molecule has 7 heteroatoms. The zero-order valence-electron chi connectivity index (χ0n) is 8.60. The molecule has 0 fully saturated rings. The highest BCUT2D eigenvalue weighted by Gasteiger charge is 2.26. The van der Waals surface area contributed by atoms with Crippen molar-refractivity contribution in [3.63, 3.8) is 0 Å². The van der Waals surface area contributed by atoms with Crippen LogP contribution >= 0.6 is 0 Å². The number of nitrogens with one attached hydrogen (secondary N) is 1. The Balaban J connectivity index is 3.09. The first-order chi connectivity index (χ1) is 6.92. The summed E-state index contributed by atoms with van der Waals surface area (Å²) >= 11 is 0. The van der Waals surface area contributed by atoms with Gasteiger partial charge >= 0.3 is 6.18 Å². The fourth-order valence-electron chi connectivity index (χ4n) is 0.828. The van der Waals surface area contributed by atoms with Gasteiger partial charge in [0.15, 0.2) is 0 Å². The van der Waals surface area contributed by atoms with Gasteiger partial charge in [0.25, 0.3) is 0 Å². The van der Waals surface area contributed by atoms with E-state index in [1.165, 1.54) is 0 Å². The highest BCUT2D eigenvalue weighted by Crippen LogP contribution is 2.14. The molecule has 0 rings (SSSR count). The highest BCUT2D eigenvalue weighted by atomic mass is 32.2. The molecule has 0 aromatic carbocycles. The molecule has 3 nitrogen and oxygen atoms in total. The summed E-state index contributed by atoms with van der Waals surface area (Å²) in [6.45, 7) is 0.0884. The van der Waals surface area contributed by atoms with Crippen molar-refractivity contribution in [3.8, 4) is 0 Å². The lowest BCUT2D eigenvalue weighted by atomic mass is 10.4. The second-order valence-corrected chi connectivity index (χ2v) is 4.60. The number of alkyl halides is 3. The van der Waals surface area contributed by atoms with Crippen molar-refractivity contribution in [2.24, 2.45) is 0 Å². The molecule has 0 radical (unpaired) electrons. The Morgan fingerprint density at radius 1 is 1.33 bits per heavy atom. The first-order valence-corrected chi connectivity index (χ1v) is 6.30. The molecule has 0 amide bonds. The van der Waals surface area contributed by atoms with E-state index in [1.54, 1.807) is 6.26 Å². The first-order valence-electron chi connectivity index (χ1n) is 4.57. The molecule has 0 spiro atoms. The van der Waals surface area contributed by atoms with Crippen LogP contribution in [0.25, 0.3) is 0 Å². The van der Waals surface area contributed by atoms with E-state index in [9.17, 15) is 17.4 Å². The summed E-state index contributed by atoms with van der Waals surface area (Å²) in [5, 5.41) is 2.96. The van der Waals surface area contributed by atoms with Crippen molar-refractivity contribution in [2.75, 3.05) is 38.3 Å². The molecule has 92 valence electrons. The van der Waals surface area contributed by atoms with Crippen molar-refractivity contribution in [1.82, 2.24) is 5.32 Å². The SMILES string of the molecule is CS(=O)CCNCCCOCC(F)(F)F. The number of hydrogen-bond acceptors (Lipinski definition) is 3. The first kappa shape index (κ1) is 14.9. The van der Waals surface area contributed by atoms with Crippen LogP contribution in [0.5, 0.6) is 0 Å². The fraction of sp³-hybridized carbons (Fsp3) is 1.00. The molecule has 0 saturated carbocycles. The third kappa shape index (κ3) is 13.9. The van der Waals surface area contributed by atoms with Gasteiger partial charge in [-0.2, -0.15) is 13.2 Å². The van der Waals surface area contributed by atoms with Crippen molar-refractivity contribution in [1.29, 1.82) is 0 Å². The lowest BCUT2D eigenvalue weighted by Gasteiger charge is -2.07. The predicted octanol–water partition coefficient (Wildman–Crippen LogP) is 0.923. The second kappa shape index (κ2) is 8.06. The van der Waals surface area contributed by atoms with Crippen LogP contribution in [0.3, 0.4) is 0 Å². The number of ether oxygens (including phenoxy) is 1. The van der Waals surface area contributed by atoms with E-state index in [-0.39, 0.29) is 6.61 Å². The van der Waals surface area contributed by atoms with Crippen LogP contribution in [-0.4, -0.2) is 48.7 Å². The molecule has 0 bridgehead atoms. The van der Waals surface area contributed by atoms with Gasteiger partial charge in [0.05, 0.1) is 0 Å². The van der Waals surface area contributed by atoms with Crippen LogP contribution < -0.4 is 5.32 Å². The Hall–Kier alpha value is -0.140. The van der Waals surface area contributed by atoms with Crippen molar-refractivity contribution < 1.29 is 22.1 Å². The molecule has 0 heterocycles. The van der Waals surface area contributed by atoms with Crippen LogP contribution in [0.2, 0.25) is 0 Å². The highest BCUT2D eigenvalue weighted by molar-refractivity contribution is 7.84. The lowest BCUT2D eigenvalue weighted by molar-refractivity contribution is -0.173. The van der Waals surface area contributed by atoms with Crippen molar-refractivity contribution in [2.45, 2.75) is 12.6 Å². The Bertz CT molecular complexity index is 187. The quantitative estimate of drug-likeness (QED) is 0.648. The maximum absolute atomic E-state index is 11.6. The van der Waals surface area contributed by atoms with Gasteiger partial charge in [-0.3, -0.25) is 4.21 Å². The zero-order chi connectivity index (χ0) is 11.7. The van der Waals surface area contributed by atoms with Crippen LogP contribution in [0.4, 0.5) is 13.2 Å². The van der Waals surface area contributed by atoms with Gasteiger partial charge in [-0.1, -0.05) is 0 Å². The lowest BCUT2D eigenvalue weighted by Crippen LogP contribution is -2.23. The van der Waals surface area contributed by atoms with Crippen LogP contribution in [0.15, 0.2) is 0 Å². The van der Waals surface area contributed by atoms with Crippen molar-refractivity contribution >= 4 is 10.8 Å². The van der Waals surface area contributed by atoms with Crippen molar-refractivity contribution in [3.05, 3.63) is 0 Å². The summed E-state index contributed by atoms with van der Waals surface area (Å²) < 4.78 is 49.8. The molecular formula is C8H16F3NO2S. The molecule has 15 heavy (non-hydrogen) atoms. The average molecular weight is 247 g/mol. The number of hydrogen-bond donors (Lipinski definition) is 1. The largest absolute Gasteiger partial charge is 0.411 e. The van der Waals surface area contributed by atoms with Gasteiger partial charge in [-0.05, 0) is 13.0 Å². The van der Waals surface area contributed by atoms with Gasteiger partial charge in [0.1, 0.15) is 6.61 Å². The normalized spacial score (nSPS) is 14.1. The van der Waals surface area contributed by atoms with Crippen LogP contribution in [0.1, 0.15) is 6.42 Å². The molecule has 0 aromatic heterocycles. The topological polar surface area (TPSA) is 38.3 Å². The van der Waals surface area contributed by atoms with E-state index < -0.39 is 23.6 Å². The Morgan fingerprint density at radius 3 is 2.53 bits per heavy atom. The summed E-state index contributed by atoms with van der Waals surface area (Å²) in [6, 6.07) is 0. The number of halogens is 3. The average Bonchev–Trinajstić information content (AvgIpc) is 2.07. The third-order valence-corrected chi connectivity index (χ3v) is 2.25. The summed E-state index contributed by atoms with van der Waals surface area (Å²) in [5.74, 6) is 0.559. The molecule has 1 atom stereocenters. The molecule has 0 aliphatic heterocycles. The minimum absolute atomic E-state index is 0.0850. The van der Waals surface area contributed by atoms with E-state index in [0.29, 0.717) is 25.3 Å². The van der Waals surface area contributed by atoms with E-state index >= 15 is 0 Å². The predicted molar refractivity (Wildman–Crippen MR) is 53.3 cm³/mol. The van der Waals surface area contributed by atoms with Gasteiger partial charge in [-0.15, -0.1) is 0 Å². The second-order valence-electron chi connectivity index (χ2n) is 3.05.